The van der Waals surface area contributed by atoms with E-state index in [1.807, 2.05) is 50.2 Å². The van der Waals surface area contributed by atoms with Gasteiger partial charge in [-0.1, -0.05) is 18.5 Å². The smallest absolute Gasteiger partial charge is 0.226 e. The van der Waals surface area contributed by atoms with Crippen LogP contribution in [0.4, 0.5) is 5.69 Å². The molecule has 0 fully saturated rings. The Kier molecular flexibility index (Phi) is 5.54. The van der Waals surface area contributed by atoms with Gasteiger partial charge in [-0.3, -0.25) is 4.79 Å². The van der Waals surface area contributed by atoms with Crippen molar-refractivity contribution in [1.82, 2.24) is 15.3 Å². The summed E-state index contributed by atoms with van der Waals surface area (Å²) in [5.41, 5.74) is 4.53. The molecule has 7 heteroatoms. The van der Waals surface area contributed by atoms with Crippen LogP contribution < -0.4 is 10.6 Å². The molecule has 0 aliphatic carbocycles. The second-order valence-corrected chi connectivity index (χ2v) is 6.85. The van der Waals surface area contributed by atoms with Crippen molar-refractivity contribution in [3.05, 3.63) is 47.0 Å². The number of nitrogens with one attached hydrogen (secondary N) is 3. The molecule has 26 heavy (non-hydrogen) atoms. The average molecular weight is 387 g/mol. The number of rotatable bonds is 4. The number of hydrogen-bond acceptors (Lipinski definition) is 3. The first-order chi connectivity index (χ1) is 12.5. The highest BCUT2D eigenvalue weighted by Gasteiger charge is 2.08. The summed E-state index contributed by atoms with van der Waals surface area (Å²) >= 11 is 11.3. The van der Waals surface area contributed by atoms with Crippen LogP contribution in [0.1, 0.15) is 25.3 Å². The maximum atomic E-state index is 11.6. The molecule has 2 aromatic carbocycles. The van der Waals surface area contributed by atoms with E-state index in [1.54, 1.807) is 0 Å². The number of halogens is 1. The topological polar surface area (TPSA) is 69.8 Å². The van der Waals surface area contributed by atoms with Gasteiger partial charge in [-0.15, -0.1) is 0 Å². The van der Waals surface area contributed by atoms with E-state index in [1.165, 1.54) is 0 Å². The van der Waals surface area contributed by atoms with Crippen LogP contribution in [-0.2, 0) is 4.79 Å². The molecular formula is C19H19ClN4OS. The Morgan fingerprint density at radius 2 is 2.00 bits per heavy atom. The average Bonchev–Trinajstić information content (AvgIpc) is 2.98. The number of aromatic amines is 1. The van der Waals surface area contributed by atoms with Gasteiger partial charge in [0.05, 0.1) is 11.0 Å². The number of amides is 1. The number of aromatic nitrogens is 2. The van der Waals surface area contributed by atoms with Crippen LogP contribution in [-0.4, -0.2) is 21.0 Å². The molecule has 0 saturated heterocycles. The minimum Gasteiger partial charge on any atom is -0.338 e. The van der Waals surface area contributed by atoms with Crippen molar-refractivity contribution >= 4 is 51.6 Å². The predicted octanol–water partition coefficient (Wildman–Crippen LogP) is 4.80. The fraction of sp³-hybridized carbons (Fsp3) is 0.211. The number of nitrogens with zero attached hydrogens (tertiary/aromatic N) is 1. The first-order valence-corrected chi connectivity index (χ1v) is 9.12. The number of anilines is 1. The summed E-state index contributed by atoms with van der Waals surface area (Å²) in [6, 6.07) is 11.5. The van der Waals surface area contributed by atoms with E-state index < -0.39 is 0 Å². The SMILES string of the molecule is CCCC(=O)NC(=S)Nc1ccc(-c2nc3cc(Cl)c(C)cc3[nH]2)cc1. The molecular weight excluding hydrogens is 368 g/mol. The number of H-pyrrole nitrogens is 1. The second kappa shape index (κ2) is 7.85. The van der Waals surface area contributed by atoms with Gasteiger partial charge in [0.2, 0.25) is 5.91 Å². The maximum Gasteiger partial charge on any atom is 0.226 e. The highest BCUT2D eigenvalue weighted by Crippen LogP contribution is 2.26. The van der Waals surface area contributed by atoms with Gasteiger partial charge >= 0.3 is 0 Å². The van der Waals surface area contributed by atoms with Crippen molar-refractivity contribution in [3.8, 4) is 11.4 Å². The zero-order chi connectivity index (χ0) is 18.7. The summed E-state index contributed by atoms with van der Waals surface area (Å²) in [5, 5.41) is 6.66. The monoisotopic (exact) mass is 386 g/mol. The van der Waals surface area contributed by atoms with Gasteiger partial charge in [-0.05, 0) is 67.5 Å². The third kappa shape index (κ3) is 4.20. The van der Waals surface area contributed by atoms with E-state index in [2.05, 4.69) is 20.6 Å². The third-order valence-corrected chi connectivity index (χ3v) is 4.52. The number of carbonyl (C=O) groups excluding carboxylic acids is 1. The molecule has 3 aromatic rings. The second-order valence-electron chi connectivity index (χ2n) is 6.03. The minimum atomic E-state index is -0.0853. The number of thiocarbonyl (C=S) groups is 1. The molecule has 0 radical (unpaired) electrons. The Labute approximate surface area is 162 Å². The van der Waals surface area contributed by atoms with Crippen molar-refractivity contribution in [3.63, 3.8) is 0 Å². The van der Waals surface area contributed by atoms with Gasteiger partial charge in [0.1, 0.15) is 5.82 Å². The van der Waals surface area contributed by atoms with Crippen LogP contribution in [0.15, 0.2) is 36.4 Å². The molecule has 1 heterocycles. The van der Waals surface area contributed by atoms with Crippen LogP contribution >= 0.6 is 23.8 Å². The van der Waals surface area contributed by atoms with Crippen molar-refractivity contribution in [2.75, 3.05) is 5.32 Å². The highest BCUT2D eigenvalue weighted by molar-refractivity contribution is 7.80. The Morgan fingerprint density at radius 1 is 1.27 bits per heavy atom. The van der Waals surface area contributed by atoms with Gasteiger partial charge in [0.15, 0.2) is 5.11 Å². The first-order valence-electron chi connectivity index (χ1n) is 8.33. The Hall–Kier alpha value is -2.44. The number of fused-ring (bicyclic) bond motifs is 1. The number of benzene rings is 2. The molecule has 0 aliphatic rings. The van der Waals surface area contributed by atoms with E-state index in [-0.39, 0.29) is 5.91 Å². The molecule has 0 aliphatic heterocycles. The molecule has 5 nitrogen and oxygen atoms in total. The number of carbonyl (C=O) groups is 1. The molecule has 134 valence electrons. The lowest BCUT2D eigenvalue weighted by Crippen LogP contribution is -2.33. The van der Waals surface area contributed by atoms with Gasteiger partial charge in [-0.25, -0.2) is 4.98 Å². The molecule has 0 spiro atoms. The van der Waals surface area contributed by atoms with Crippen LogP contribution in [0.2, 0.25) is 5.02 Å². The summed E-state index contributed by atoms with van der Waals surface area (Å²) in [6.45, 7) is 3.91. The maximum absolute atomic E-state index is 11.6. The van der Waals surface area contributed by atoms with E-state index >= 15 is 0 Å². The van der Waals surface area contributed by atoms with Crippen molar-refractivity contribution in [2.24, 2.45) is 0 Å². The standard InChI is InChI=1S/C19H19ClN4OS/c1-3-4-17(25)24-19(26)21-13-7-5-12(6-8-13)18-22-15-9-11(2)14(20)10-16(15)23-18/h5-10H,3-4H2,1-2H3,(H,22,23)(H2,21,24,25,26). The molecule has 0 bridgehead atoms. The zero-order valence-corrected chi connectivity index (χ0v) is 16.1. The van der Waals surface area contributed by atoms with Crippen LogP contribution in [0.3, 0.4) is 0 Å². The fourth-order valence-electron chi connectivity index (χ4n) is 2.57. The molecule has 3 N–H and O–H groups in total. The quantitative estimate of drug-likeness (QED) is 0.563. The third-order valence-electron chi connectivity index (χ3n) is 3.91. The number of aryl methyl sites for hydroxylation is 1. The fourth-order valence-corrected chi connectivity index (χ4v) is 2.96. The van der Waals surface area contributed by atoms with Crippen molar-refractivity contribution in [2.45, 2.75) is 26.7 Å². The van der Waals surface area contributed by atoms with Crippen LogP contribution in [0.5, 0.6) is 0 Å². The largest absolute Gasteiger partial charge is 0.338 e. The lowest BCUT2D eigenvalue weighted by Gasteiger charge is -2.09. The minimum absolute atomic E-state index is 0.0853. The summed E-state index contributed by atoms with van der Waals surface area (Å²) in [5.74, 6) is 0.685. The van der Waals surface area contributed by atoms with Gasteiger partial charge in [-0.2, -0.15) is 0 Å². The Morgan fingerprint density at radius 3 is 2.69 bits per heavy atom. The number of imidazole rings is 1. The summed E-state index contributed by atoms with van der Waals surface area (Å²) in [7, 11) is 0. The van der Waals surface area contributed by atoms with E-state index in [9.17, 15) is 4.79 Å². The molecule has 0 unspecified atom stereocenters. The molecule has 0 saturated carbocycles. The van der Waals surface area contributed by atoms with E-state index in [0.717, 1.165) is 40.1 Å². The van der Waals surface area contributed by atoms with Gasteiger partial charge < -0.3 is 15.6 Å². The van der Waals surface area contributed by atoms with E-state index in [0.29, 0.717) is 16.6 Å². The lowest BCUT2D eigenvalue weighted by atomic mass is 10.2. The molecule has 3 rings (SSSR count). The molecule has 1 amide bonds. The number of hydrogen-bond donors (Lipinski definition) is 3. The molecule has 1 aromatic heterocycles. The predicted molar refractivity (Wildman–Crippen MR) is 111 cm³/mol. The van der Waals surface area contributed by atoms with Crippen LogP contribution in [0.25, 0.3) is 22.4 Å². The summed E-state index contributed by atoms with van der Waals surface area (Å²) in [4.78, 5) is 19.5. The lowest BCUT2D eigenvalue weighted by molar-refractivity contribution is -0.119. The van der Waals surface area contributed by atoms with Crippen molar-refractivity contribution < 1.29 is 4.79 Å². The van der Waals surface area contributed by atoms with E-state index in [4.69, 9.17) is 23.8 Å². The molecule has 0 atom stereocenters. The highest BCUT2D eigenvalue weighted by atomic mass is 35.5. The van der Waals surface area contributed by atoms with Crippen LogP contribution in [0, 0.1) is 6.92 Å². The summed E-state index contributed by atoms with van der Waals surface area (Å²) in [6.07, 6.45) is 1.24. The van der Waals surface area contributed by atoms with Gasteiger partial charge in [0.25, 0.3) is 0 Å². The summed E-state index contributed by atoms with van der Waals surface area (Å²) < 4.78 is 0. The van der Waals surface area contributed by atoms with Gasteiger partial charge in [0, 0.05) is 22.7 Å². The normalized spacial score (nSPS) is 10.7. The first kappa shape index (κ1) is 18.4. The Bertz CT molecular complexity index is 927. The van der Waals surface area contributed by atoms with Crippen molar-refractivity contribution in [1.29, 1.82) is 0 Å². The zero-order valence-electron chi connectivity index (χ0n) is 14.5. The Balaban J connectivity index is 1.73.